The fourth-order valence-corrected chi connectivity index (χ4v) is 1.96. The number of aliphatic hydroxyl groups is 1. The van der Waals surface area contributed by atoms with Gasteiger partial charge in [0, 0.05) is 0 Å². The van der Waals surface area contributed by atoms with Crippen LogP contribution >= 0.6 is 0 Å². The van der Waals surface area contributed by atoms with Crippen molar-refractivity contribution < 1.29 is 14.6 Å². The van der Waals surface area contributed by atoms with Gasteiger partial charge in [-0.15, -0.1) is 0 Å². The van der Waals surface area contributed by atoms with E-state index in [0.29, 0.717) is 11.5 Å². The molecular weight excluding hydrogens is 204 g/mol. The largest absolute Gasteiger partial charge is 0.465 e. The number of benzene rings is 1. The SMILES string of the molecule is COC(=O)c1ccc([C@H](O)C2CCC2)cc1. The van der Waals surface area contributed by atoms with Crippen molar-refractivity contribution in [1.82, 2.24) is 0 Å². The molecule has 86 valence electrons. The van der Waals surface area contributed by atoms with Crippen LogP contribution < -0.4 is 0 Å². The zero-order valence-electron chi connectivity index (χ0n) is 9.35. The van der Waals surface area contributed by atoms with Crippen molar-refractivity contribution in [2.75, 3.05) is 7.11 Å². The van der Waals surface area contributed by atoms with E-state index in [4.69, 9.17) is 0 Å². The maximum atomic E-state index is 11.2. The first-order valence-electron chi connectivity index (χ1n) is 5.58. The summed E-state index contributed by atoms with van der Waals surface area (Å²) in [5.74, 6) is 0.0497. The van der Waals surface area contributed by atoms with Crippen LogP contribution in [0.5, 0.6) is 0 Å². The maximum absolute atomic E-state index is 11.2. The first kappa shape index (κ1) is 11.1. The van der Waals surface area contributed by atoms with E-state index < -0.39 is 0 Å². The third-order valence-electron chi connectivity index (χ3n) is 3.27. The van der Waals surface area contributed by atoms with E-state index in [1.165, 1.54) is 13.5 Å². The molecule has 0 aliphatic heterocycles. The molecule has 0 radical (unpaired) electrons. The molecule has 16 heavy (non-hydrogen) atoms. The highest BCUT2D eigenvalue weighted by atomic mass is 16.5. The van der Waals surface area contributed by atoms with E-state index in [1.807, 2.05) is 0 Å². The first-order valence-corrected chi connectivity index (χ1v) is 5.58. The van der Waals surface area contributed by atoms with Crippen LogP contribution in [0.1, 0.15) is 41.3 Å². The molecule has 1 aliphatic rings. The molecule has 0 unspecified atom stereocenters. The number of esters is 1. The number of rotatable bonds is 3. The summed E-state index contributed by atoms with van der Waals surface area (Å²) in [7, 11) is 1.36. The standard InChI is InChI=1S/C13H16O3/c1-16-13(15)11-7-5-10(6-8-11)12(14)9-3-2-4-9/h5-9,12,14H,2-4H2,1H3/t12-/m1/s1. The van der Waals surface area contributed by atoms with Crippen molar-refractivity contribution in [1.29, 1.82) is 0 Å². The van der Waals surface area contributed by atoms with Gasteiger partial charge in [-0.25, -0.2) is 4.79 Å². The lowest BCUT2D eigenvalue weighted by Crippen LogP contribution is -2.20. The van der Waals surface area contributed by atoms with Gasteiger partial charge >= 0.3 is 5.97 Å². The molecule has 0 amide bonds. The van der Waals surface area contributed by atoms with Gasteiger partial charge in [-0.3, -0.25) is 0 Å². The molecule has 3 heteroatoms. The number of aliphatic hydroxyl groups excluding tert-OH is 1. The van der Waals surface area contributed by atoms with E-state index in [1.54, 1.807) is 24.3 Å². The monoisotopic (exact) mass is 220 g/mol. The summed E-state index contributed by atoms with van der Waals surface area (Å²) in [6, 6.07) is 7.00. The van der Waals surface area contributed by atoms with Crippen LogP contribution in [-0.4, -0.2) is 18.2 Å². The molecule has 0 aromatic heterocycles. The first-order chi connectivity index (χ1) is 7.72. The highest BCUT2D eigenvalue weighted by molar-refractivity contribution is 5.89. The summed E-state index contributed by atoms with van der Waals surface area (Å²) in [5.41, 5.74) is 1.41. The second-order valence-corrected chi connectivity index (χ2v) is 4.25. The summed E-state index contributed by atoms with van der Waals surface area (Å²) in [5, 5.41) is 10.0. The van der Waals surface area contributed by atoms with E-state index in [0.717, 1.165) is 18.4 Å². The summed E-state index contributed by atoms with van der Waals surface area (Å²) in [4.78, 5) is 11.2. The quantitative estimate of drug-likeness (QED) is 0.795. The zero-order chi connectivity index (χ0) is 11.5. The van der Waals surface area contributed by atoms with Gasteiger partial charge in [0.25, 0.3) is 0 Å². The topological polar surface area (TPSA) is 46.5 Å². The van der Waals surface area contributed by atoms with Crippen molar-refractivity contribution in [3.8, 4) is 0 Å². The Balaban J connectivity index is 2.09. The van der Waals surface area contributed by atoms with Crippen LogP contribution in [0.2, 0.25) is 0 Å². The molecule has 0 bridgehead atoms. The zero-order valence-corrected chi connectivity index (χ0v) is 9.35. The van der Waals surface area contributed by atoms with Crippen molar-refractivity contribution in [2.45, 2.75) is 25.4 Å². The van der Waals surface area contributed by atoms with Gasteiger partial charge < -0.3 is 9.84 Å². The van der Waals surface area contributed by atoms with Crippen LogP contribution in [0.15, 0.2) is 24.3 Å². The summed E-state index contributed by atoms with van der Waals surface area (Å²) >= 11 is 0. The van der Waals surface area contributed by atoms with Crippen molar-refractivity contribution in [3.05, 3.63) is 35.4 Å². The average molecular weight is 220 g/mol. The van der Waals surface area contributed by atoms with Crippen LogP contribution in [-0.2, 0) is 4.74 Å². The lowest BCUT2D eigenvalue weighted by atomic mass is 9.79. The van der Waals surface area contributed by atoms with E-state index in [2.05, 4.69) is 4.74 Å². The number of ether oxygens (including phenoxy) is 1. The van der Waals surface area contributed by atoms with Crippen molar-refractivity contribution >= 4 is 5.97 Å². The smallest absolute Gasteiger partial charge is 0.337 e. The molecular formula is C13H16O3. The van der Waals surface area contributed by atoms with Crippen LogP contribution in [0.4, 0.5) is 0 Å². The Morgan fingerprint density at radius 3 is 2.44 bits per heavy atom. The number of hydrogen-bond acceptors (Lipinski definition) is 3. The Kier molecular flexibility index (Phi) is 3.25. The van der Waals surface area contributed by atoms with Gasteiger partial charge in [-0.2, -0.15) is 0 Å². The molecule has 0 saturated heterocycles. The Hall–Kier alpha value is -1.35. The normalized spacial score (nSPS) is 17.6. The molecule has 0 spiro atoms. The van der Waals surface area contributed by atoms with Crippen LogP contribution in [0.3, 0.4) is 0 Å². The number of hydrogen-bond donors (Lipinski definition) is 1. The molecule has 3 nitrogen and oxygen atoms in total. The molecule has 1 aromatic rings. The molecule has 1 aromatic carbocycles. The van der Waals surface area contributed by atoms with Gasteiger partial charge in [0.1, 0.15) is 0 Å². The average Bonchev–Trinajstić information content (AvgIpc) is 2.26. The third-order valence-corrected chi connectivity index (χ3v) is 3.27. The number of carbonyl (C=O) groups excluding carboxylic acids is 1. The minimum absolute atomic E-state index is 0.343. The fourth-order valence-electron chi connectivity index (χ4n) is 1.96. The Bertz CT molecular complexity index is 365. The van der Waals surface area contributed by atoms with E-state index >= 15 is 0 Å². The van der Waals surface area contributed by atoms with E-state index in [-0.39, 0.29) is 12.1 Å². The van der Waals surface area contributed by atoms with Gasteiger partial charge in [0.05, 0.1) is 18.8 Å². The summed E-state index contributed by atoms with van der Waals surface area (Å²) in [6.45, 7) is 0. The second-order valence-electron chi connectivity index (χ2n) is 4.25. The van der Waals surface area contributed by atoms with Gasteiger partial charge in [-0.05, 0) is 36.5 Å². The lowest BCUT2D eigenvalue weighted by Gasteiger charge is -2.30. The van der Waals surface area contributed by atoms with Gasteiger partial charge in [0.2, 0.25) is 0 Å². The number of carbonyl (C=O) groups is 1. The van der Waals surface area contributed by atoms with Crippen molar-refractivity contribution in [2.24, 2.45) is 5.92 Å². The number of methoxy groups -OCH3 is 1. The molecule has 1 N–H and O–H groups in total. The van der Waals surface area contributed by atoms with Crippen molar-refractivity contribution in [3.63, 3.8) is 0 Å². The molecule has 1 aliphatic carbocycles. The summed E-state index contributed by atoms with van der Waals surface area (Å²) < 4.78 is 4.61. The highest BCUT2D eigenvalue weighted by Gasteiger charge is 2.26. The predicted octanol–water partition coefficient (Wildman–Crippen LogP) is 2.31. The van der Waals surface area contributed by atoms with Crippen LogP contribution in [0.25, 0.3) is 0 Å². The minimum atomic E-state index is -0.388. The second kappa shape index (κ2) is 4.66. The molecule has 1 atom stereocenters. The van der Waals surface area contributed by atoms with E-state index in [9.17, 15) is 9.90 Å². The fraction of sp³-hybridized carbons (Fsp3) is 0.462. The Morgan fingerprint density at radius 1 is 1.38 bits per heavy atom. The summed E-state index contributed by atoms with van der Waals surface area (Å²) in [6.07, 6.45) is 3.02. The maximum Gasteiger partial charge on any atom is 0.337 e. The molecule has 1 fully saturated rings. The molecule has 0 heterocycles. The van der Waals surface area contributed by atoms with Gasteiger partial charge in [-0.1, -0.05) is 18.6 Å². The minimum Gasteiger partial charge on any atom is -0.465 e. The predicted molar refractivity (Wildman–Crippen MR) is 60.1 cm³/mol. The van der Waals surface area contributed by atoms with Crippen LogP contribution in [0, 0.1) is 5.92 Å². The highest BCUT2D eigenvalue weighted by Crippen LogP contribution is 2.37. The van der Waals surface area contributed by atoms with Gasteiger partial charge in [0.15, 0.2) is 0 Å². The lowest BCUT2D eigenvalue weighted by molar-refractivity contribution is 0.0593. The molecule has 1 saturated carbocycles. The molecule has 2 rings (SSSR count). The Labute approximate surface area is 95.0 Å². The Morgan fingerprint density at radius 2 is 2.00 bits per heavy atom. The third kappa shape index (κ3) is 2.09.